The molecule has 0 aliphatic heterocycles. The van der Waals surface area contributed by atoms with E-state index >= 15 is 0 Å². The van der Waals surface area contributed by atoms with Gasteiger partial charge >= 0.3 is 0 Å². The molecule has 1 aliphatic rings. The SMILES string of the molecule is NCC(NC(=O)c1cc(F)c(Cl)cc1F)C1CCCCC1. The third-order valence-corrected chi connectivity index (χ3v) is 4.33. The van der Waals surface area contributed by atoms with Crippen LogP contribution in [0.15, 0.2) is 12.1 Å². The van der Waals surface area contributed by atoms with E-state index in [9.17, 15) is 13.6 Å². The Labute approximate surface area is 127 Å². The zero-order valence-corrected chi connectivity index (χ0v) is 12.4. The fraction of sp³-hybridized carbons (Fsp3) is 0.533. The number of hydrogen-bond donors (Lipinski definition) is 2. The van der Waals surface area contributed by atoms with E-state index in [2.05, 4.69) is 5.32 Å². The number of amides is 1. The molecule has 1 aromatic rings. The van der Waals surface area contributed by atoms with Gasteiger partial charge in [-0.15, -0.1) is 0 Å². The van der Waals surface area contributed by atoms with E-state index in [1.165, 1.54) is 6.42 Å². The van der Waals surface area contributed by atoms with Crippen molar-refractivity contribution in [3.8, 4) is 0 Å². The molecule has 0 bridgehead atoms. The maximum absolute atomic E-state index is 13.7. The van der Waals surface area contributed by atoms with E-state index in [1.807, 2.05) is 0 Å². The maximum Gasteiger partial charge on any atom is 0.254 e. The molecule has 6 heteroatoms. The summed E-state index contributed by atoms with van der Waals surface area (Å²) in [5.74, 6) is -2.00. The summed E-state index contributed by atoms with van der Waals surface area (Å²) in [7, 11) is 0. The highest BCUT2D eigenvalue weighted by atomic mass is 35.5. The molecule has 1 amide bonds. The van der Waals surface area contributed by atoms with E-state index in [-0.39, 0.29) is 23.2 Å². The van der Waals surface area contributed by atoms with Crippen molar-refractivity contribution in [1.82, 2.24) is 5.32 Å². The normalized spacial score (nSPS) is 17.5. The lowest BCUT2D eigenvalue weighted by molar-refractivity contribution is 0.0911. The summed E-state index contributed by atoms with van der Waals surface area (Å²) in [6, 6.07) is 1.42. The summed E-state index contributed by atoms with van der Waals surface area (Å²) in [5, 5.41) is 2.39. The molecular formula is C15H19ClF2N2O. The zero-order valence-electron chi connectivity index (χ0n) is 11.7. The molecule has 0 aromatic heterocycles. The monoisotopic (exact) mass is 316 g/mol. The first-order valence-corrected chi connectivity index (χ1v) is 7.56. The average molecular weight is 317 g/mol. The predicted molar refractivity (Wildman–Crippen MR) is 78.3 cm³/mol. The van der Waals surface area contributed by atoms with Crippen LogP contribution in [0, 0.1) is 17.6 Å². The van der Waals surface area contributed by atoms with Crippen LogP contribution in [0.3, 0.4) is 0 Å². The second kappa shape index (κ2) is 7.18. The number of halogens is 3. The molecule has 0 heterocycles. The summed E-state index contributed by atoms with van der Waals surface area (Å²) >= 11 is 5.48. The predicted octanol–water partition coefficient (Wildman–Crippen LogP) is 3.26. The standard InChI is InChI=1S/C15H19ClF2N2O/c16-11-7-12(17)10(6-13(11)18)15(21)20-14(8-19)9-4-2-1-3-5-9/h6-7,9,14H,1-5,8,19H2,(H,20,21). The van der Waals surface area contributed by atoms with Crippen molar-refractivity contribution >= 4 is 17.5 Å². The Kier molecular flexibility index (Phi) is 5.53. The molecule has 1 aliphatic carbocycles. The third-order valence-electron chi connectivity index (χ3n) is 4.04. The lowest BCUT2D eigenvalue weighted by atomic mass is 9.84. The molecule has 0 radical (unpaired) electrons. The smallest absolute Gasteiger partial charge is 0.254 e. The van der Waals surface area contributed by atoms with Gasteiger partial charge in [0.25, 0.3) is 5.91 Å². The molecule has 1 aromatic carbocycles. The second-order valence-corrected chi connectivity index (χ2v) is 5.87. The maximum atomic E-state index is 13.7. The minimum absolute atomic E-state index is 0.212. The largest absolute Gasteiger partial charge is 0.348 e. The van der Waals surface area contributed by atoms with Gasteiger partial charge in [0, 0.05) is 12.6 Å². The molecular weight excluding hydrogens is 298 g/mol. The number of carbonyl (C=O) groups excluding carboxylic acids is 1. The molecule has 3 nitrogen and oxygen atoms in total. The molecule has 0 saturated heterocycles. The fourth-order valence-electron chi connectivity index (χ4n) is 2.85. The van der Waals surface area contributed by atoms with Gasteiger partial charge in [-0.3, -0.25) is 4.79 Å². The number of benzene rings is 1. The number of nitrogens with two attached hydrogens (primary N) is 1. The highest BCUT2D eigenvalue weighted by molar-refractivity contribution is 6.30. The van der Waals surface area contributed by atoms with E-state index in [0.717, 1.165) is 37.8 Å². The van der Waals surface area contributed by atoms with Gasteiger partial charge in [0.2, 0.25) is 0 Å². The Morgan fingerprint density at radius 3 is 2.57 bits per heavy atom. The van der Waals surface area contributed by atoms with Crippen LogP contribution in [0.2, 0.25) is 5.02 Å². The lowest BCUT2D eigenvalue weighted by Crippen LogP contribution is -2.46. The molecule has 116 valence electrons. The van der Waals surface area contributed by atoms with Crippen molar-refractivity contribution in [1.29, 1.82) is 0 Å². The molecule has 1 saturated carbocycles. The van der Waals surface area contributed by atoms with Crippen molar-refractivity contribution in [2.24, 2.45) is 11.7 Å². The Morgan fingerprint density at radius 2 is 1.95 bits per heavy atom. The van der Waals surface area contributed by atoms with Gasteiger partial charge in [0.1, 0.15) is 11.6 Å². The van der Waals surface area contributed by atoms with Crippen molar-refractivity contribution in [2.75, 3.05) is 6.54 Å². The van der Waals surface area contributed by atoms with Gasteiger partial charge in [-0.2, -0.15) is 0 Å². The number of hydrogen-bond acceptors (Lipinski definition) is 2. The van der Waals surface area contributed by atoms with Crippen LogP contribution < -0.4 is 11.1 Å². The first kappa shape index (κ1) is 16.2. The van der Waals surface area contributed by atoms with Crippen molar-refractivity contribution in [3.05, 3.63) is 34.4 Å². The molecule has 2 rings (SSSR count). The topological polar surface area (TPSA) is 55.1 Å². The first-order chi connectivity index (χ1) is 10.0. The minimum Gasteiger partial charge on any atom is -0.348 e. The van der Waals surface area contributed by atoms with Crippen LogP contribution >= 0.6 is 11.6 Å². The van der Waals surface area contributed by atoms with Crippen molar-refractivity contribution in [3.63, 3.8) is 0 Å². The number of rotatable bonds is 4. The molecule has 3 N–H and O–H groups in total. The zero-order chi connectivity index (χ0) is 15.4. The average Bonchev–Trinajstić information content (AvgIpc) is 2.49. The van der Waals surface area contributed by atoms with Crippen LogP contribution in [0.4, 0.5) is 8.78 Å². The van der Waals surface area contributed by atoms with E-state index in [1.54, 1.807) is 0 Å². The van der Waals surface area contributed by atoms with Crippen LogP contribution in [0.5, 0.6) is 0 Å². The van der Waals surface area contributed by atoms with Crippen LogP contribution in [-0.2, 0) is 0 Å². The quantitative estimate of drug-likeness (QED) is 0.838. The molecule has 0 spiro atoms. The Morgan fingerprint density at radius 1 is 1.29 bits per heavy atom. The number of carbonyl (C=O) groups is 1. The van der Waals surface area contributed by atoms with Gasteiger partial charge in [0.05, 0.1) is 10.6 Å². The summed E-state index contributed by atoms with van der Waals surface area (Å²) in [6.07, 6.45) is 5.42. The van der Waals surface area contributed by atoms with E-state index < -0.39 is 17.5 Å². The van der Waals surface area contributed by atoms with Gasteiger partial charge in [-0.25, -0.2) is 8.78 Å². The van der Waals surface area contributed by atoms with Crippen LogP contribution in [0.1, 0.15) is 42.5 Å². The Bertz CT molecular complexity index is 519. The van der Waals surface area contributed by atoms with Crippen molar-refractivity contribution < 1.29 is 13.6 Å². The molecule has 1 unspecified atom stereocenters. The van der Waals surface area contributed by atoms with Crippen molar-refractivity contribution in [2.45, 2.75) is 38.1 Å². The number of nitrogens with one attached hydrogen (secondary N) is 1. The molecule has 21 heavy (non-hydrogen) atoms. The highest BCUT2D eigenvalue weighted by Crippen LogP contribution is 2.26. The van der Waals surface area contributed by atoms with Crippen LogP contribution in [0.25, 0.3) is 0 Å². The summed E-state index contributed by atoms with van der Waals surface area (Å²) in [4.78, 5) is 12.1. The van der Waals surface area contributed by atoms with Gasteiger partial charge in [0.15, 0.2) is 0 Å². The third kappa shape index (κ3) is 3.92. The van der Waals surface area contributed by atoms with Crippen LogP contribution in [-0.4, -0.2) is 18.5 Å². The highest BCUT2D eigenvalue weighted by Gasteiger charge is 2.25. The molecule has 1 fully saturated rings. The van der Waals surface area contributed by atoms with Gasteiger partial charge < -0.3 is 11.1 Å². The summed E-state index contributed by atoms with van der Waals surface area (Å²) in [6.45, 7) is 0.286. The first-order valence-electron chi connectivity index (χ1n) is 7.18. The minimum atomic E-state index is -0.835. The van der Waals surface area contributed by atoms with Gasteiger partial charge in [-0.05, 0) is 30.9 Å². The van der Waals surface area contributed by atoms with Gasteiger partial charge in [-0.1, -0.05) is 30.9 Å². The Balaban J connectivity index is 2.10. The summed E-state index contributed by atoms with van der Waals surface area (Å²) < 4.78 is 27.1. The van der Waals surface area contributed by atoms with E-state index in [4.69, 9.17) is 17.3 Å². The Hall–Kier alpha value is -1.20. The fourth-order valence-corrected chi connectivity index (χ4v) is 3.00. The second-order valence-electron chi connectivity index (χ2n) is 5.46. The van der Waals surface area contributed by atoms with E-state index in [0.29, 0.717) is 5.92 Å². The summed E-state index contributed by atoms with van der Waals surface area (Å²) in [5.41, 5.74) is 5.38. The molecule has 1 atom stereocenters. The lowest BCUT2D eigenvalue weighted by Gasteiger charge is -2.30.